The summed E-state index contributed by atoms with van der Waals surface area (Å²) in [4.78, 5) is 68.8. The van der Waals surface area contributed by atoms with Gasteiger partial charge in [-0.15, -0.1) is 5.10 Å². The van der Waals surface area contributed by atoms with Crippen LogP contribution >= 0.6 is 0 Å². The number of nitrogens with zero attached hydrogens (tertiary/aromatic N) is 7. The van der Waals surface area contributed by atoms with Crippen molar-refractivity contribution in [3.63, 3.8) is 0 Å². The highest BCUT2D eigenvalue weighted by molar-refractivity contribution is 6.05. The van der Waals surface area contributed by atoms with E-state index in [-0.39, 0.29) is 59.9 Å². The van der Waals surface area contributed by atoms with Gasteiger partial charge in [-0.1, -0.05) is 36.4 Å². The van der Waals surface area contributed by atoms with Gasteiger partial charge in [-0.2, -0.15) is 19.5 Å². The van der Waals surface area contributed by atoms with Crippen LogP contribution in [-0.4, -0.2) is 102 Å². The van der Waals surface area contributed by atoms with Crippen molar-refractivity contribution in [1.29, 1.82) is 0 Å². The Morgan fingerprint density at radius 1 is 0.758 bits per heavy atom. The largest absolute Gasteiger partial charge is 0.483 e. The number of amides is 3. The number of hydrogen-bond donors (Lipinski definition) is 9. The summed E-state index contributed by atoms with van der Waals surface area (Å²) in [7, 11) is 0. The maximum absolute atomic E-state index is 13.3. The van der Waals surface area contributed by atoms with Gasteiger partial charge < -0.3 is 52.3 Å². The summed E-state index contributed by atoms with van der Waals surface area (Å²) in [5.41, 5.74) is 13.2. The van der Waals surface area contributed by atoms with Gasteiger partial charge in [0, 0.05) is 69.5 Å². The highest BCUT2D eigenvalue weighted by Crippen LogP contribution is 2.34. The minimum atomic E-state index is -0.346. The molecule has 21 heteroatoms. The van der Waals surface area contributed by atoms with Crippen molar-refractivity contribution >= 4 is 53.2 Å². The number of rotatable bonds is 20. The number of anilines is 4. The molecule has 0 aliphatic carbocycles. The lowest BCUT2D eigenvalue weighted by Crippen LogP contribution is -2.31. The number of carboxylic acid groups (broad SMARTS) is 1. The third-order valence-electron chi connectivity index (χ3n) is 9.98. The zero-order valence-corrected chi connectivity index (χ0v) is 36.2. The molecule has 0 saturated carbocycles. The topological polar surface area (TPSA) is 302 Å². The number of fused-ring (bicyclic) bond motifs is 1. The molecule has 0 spiro atoms. The number of benzene rings is 2. The number of carbonyl (C=O) groups excluding carboxylic acids is 3. The number of nitrogen functional groups attached to an aromatic ring is 1. The molecule has 0 radical (unpaired) electrons. The Morgan fingerprint density at radius 2 is 1.36 bits per heavy atom. The van der Waals surface area contributed by atoms with E-state index >= 15 is 0 Å². The maximum Gasteiger partial charge on any atom is 0.290 e. The number of hydrogen-bond acceptors (Lipinski definition) is 16. The van der Waals surface area contributed by atoms with E-state index in [9.17, 15) is 14.4 Å². The quantitative estimate of drug-likeness (QED) is 0.0388. The van der Waals surface area contributed by atoms with Gasteiger partial charge in [0.05, 0.1) is 12.9 Å². The monoisotopic (exact) mass is 898 g/mol. The van der Waals surface area contributed by atoms with Gasteiger partial charge in [0.1, 0.15) is 11.4 Å². The minimum absolute atomic E-state index is 0.0452. The number of nitrogens with one attached hydrogen (secondary N) is 6. The van der Waals surface area contributed by atoms with Crippen LogP contribution in [0.15, 0.2) is 95.9 Å². The van der Waals surface area contributed by atoms with E-state index in [1.54, 1.807) is 36.7 Å². The molecule has 342 valence electrons. The number of aliphatic hydroxyl groups excluding tert-OH is 1. The molecule has 66 heavy (non-hydrogen) atoms. The second-order valence-electron chi connectivity index (χ2n) is 14.6. The maximum atomic E-state index is 13.3. The van der Waals surface area contributed by atoms with Gasteiger partial charge in [0.2, 0.25) is 23.6 Å². The Morgan fingerprint density at radius 3 is 1.91 bits per heavy atom. The molecule has 2 aromatic carbocycles. The van der Waals surface area contributed by atoms with E-state index in [0.29, 0.717) is 75.1 Å². The van der Waals surface area contributed by atoms with Crippen LogP contribution in [0.3, 0.4) is 0 Å². The zero-order valence-electron chi connectivity index (χ0n) is 36.2. The Balaban J connectivity index is 0.00000234. The molecule has 0 fully saturated rings. The Labute approximate surface area is 378 Å². The lowest BCUT2D eigenvalue weighted by atomic mass is 9.94. The van der Waals surface area contributed by atoms with E-state index < -0.39 is 0 Å². The second-order valence-corrected chi connectivity index (χ2v) is 14.6. The Kier molecular flexibility index (Phi) is 16.9. The average molecular weight is 899 g/mol. The molecular formula is C45H50N14O7. The summed E-state index contributed by atoms with van der Waals surface area (Å²) >= 11 is 0. The van der Waals surface area contributed by atoms with Crippen LogP contribution in [0.25, 0.3) is 28.5 Å². The molecule has 5 heterocycles. The van der Waals surface area contributed by atoms with Gasteiger partial charge in [-0.05, 0) is 90.0 Å². The van der Waals surface area contributed by atoms with Crippen molar-refractivity contribution in [2.24, 2.45) is 0 Å². The molecule has 0 bridgehead atoms. The van der Waals surface area contributed by atoms with Crippen molar-refractivity contribution in [2.45, 2.75) is 39.8 Å². The predicted molar refractivity (Wildman–Crippen MR) is 246 cm³/mol. The first-order valence-electron chi connectivity index (χ1n) is 20.9. The van der Waals surface area contributed by atoms with E-state index in [4.69, 9.17) is 25.2 Å². The fourth-order valence-corrected chi connectivity index (χ4v) is 6.59. The molecule has 0 aliphatic heterocycles. The smallest absolute Gasteiger partial charge is 0.290 e. The summed E-state index contributed by atoms with van der Waals surface area (Å²) in [6, 6.07) is 21.9. The van der Waals surface area contributed by atoms with Crippen molar-refractivity contribution in [3.05, 3.63) is 125 Å². The van der Waals surface area contributed by atoms with Gasteiger partial charge in [-0.3, -0.25) is 29.1 Å². The van der Waals surface area contributed by atoms with E-state index in [1.165, 1.54) is 10.8 Å². The summed E-state index contributed by atoms with van der Waals surface area (Å²) in [6.45, 7) is 6.62. The van der Waals surface area contributed by atoms with Crippen LogP contribution in [0.5, 0.6) is 0 Å². The molecule has 7 aromatic rings. The molecule has 21 nitrogen and oxygen atoms in total. The molecule has 0 unspecified atom stereocenters. The van der Waals surface area contributed by atoms with Gasteiger partial charge in [0.25, 0.3) is 24.1 Å². The van der Waals surface area contributed by atoms with Gasteiger partial charge >= 0.3 is 0 Å². The van der Waals surface area contributed by atoms with Crippen LogP contribution < -0.4 is 37.6 Å². The lowest BCUT2D eigenvalue weighted by Gasteiger charge is -2.17. The highest BCUT2D eigenvalue weighted by atomic mass is 16.3. The number of pyridine rings is 2. The average Bonchev–Trinajstić information content (AvgIpc) is 4.02. The lowest BCUT2D eigenvalue weighted by molar-refractivity contribution is -0.123. The van der Waals surface area contributed by atoms with E-state index in [2.05, 4.69) is 61.9 Å². The second kappa shape index (κ2) is 23.5. The summed E-state index contributed by atoms with van der Waals surface area (Å²) < 4.78 is 6.67. The fourth-order valence-electron chi connectivity index (χ4n) is 6.59. The summed E-state index contributed by atoms with van der Waals surface area (Å²) in [5, 5.41) is 38.5. The first-order chi connectivity index (χ1) is 32.1. The molecule has 3 amide bonds. The molecular weight excluding hydrogens is 849 g/mol. The van der Waals surface area contributed by atoms with Gasteiger partial charge in [-0.25, -0.2) is 0 Å². The van der Waals surface area contributed by atoms with Crippen LogP contribution in [0.1, 0.15) is 56.1 Å². The third-order valence-corrected chi connectivity index (χ3v) is 9.98. The highest BCUT2D eigenvalue weighted by Gasteiger charge is 2.17. The van der Waals surface area contributed by atoms with Gasteiger partial charge in [0.15, 0.2) is 5.76 Å². The minimum Gasteiger partial charge on any atom is -0.483 e. The molecule has 7 rings (SSSR count). The Hall–Kier alpha value is -8.14. The first-order valence-corrected chi connectivity index (χ1v) is 20.9. The SMILES string of the molecule is Cc1c(NC(=O)c2ccc(CNCCO)cn2)cccc1-c1cccc(NC(=O)c2ccc(CNCCNC(=O)CCCNc3nc(N)n4nc(-c5ccco5)nc4n3)cn2)c1C.O=CO. The third kappa shape index (κ3) is 12.7. The molecule has 0 atom stereocenters. The predicted octanol–water partition coefficient (Wildman–Crippen LogP) is 3.82. The van der Waals surface area contributed by atoms with Crippen molar-refractivity contribution in [3.8, 4) is 22.7 Å². The van der Waals surface area contributed by atoms with Crippen LogP contribution in [0.4, 0.5) is 23.3 Å². The Bertz CT molecular complexity index is 2730. The number of carbonyl (C=O) groups is 4. The van der Waals surface area contributed by atoms with Crippen LogP contribution in [0, 0.1) is 13.8 Å². The first kappa shape index (κ1) is 47.3. The molecule has 10 N–H and O–H groups in total. The number of nitrogens with two attached hydrogens (primary N) is 1. The van der Waals surface area contributed by atoms with Crippen molar-refractivity contribution < 1.29 is 33.8 Å². The molecule has 0 saturated heterocycles. The molecule has 5 aromatic heterocycles. The van der Waals surface area contributed by atoms with Crippen molar-refractivity contribution in [2.75, 3.05) is 54.5 Å². The molecule has 0 aliphatic rings. The number of furan rings is 1. The van der Waals surface area contributed by atoms with Crippen LogP contribution in [0.2, 0.25) is 0 Å². The van der Waals surface area contributed by atoms with Crippen molar-refractivity contribution in [1.82, 2.24) is 50.5 Å². The number of aromatic nitrogens is 7. The number of aliphatic hydroxyl groups is 1. The normalized spacial score (nSPS) is 10.8. The zero-order chi connectivity index (χ0) is 46.8. The summed E-state index contributed by atoms with van der Waals surface area (Å²) in [5.74, 6) is 0.749. The standard InChI is InChI=1S/C44H48N14O5.CH2O2/c1-27-31(32-8-4-10-34(28(32)2)53-41(62)36-16-14-30(26-51-36)24-47-20-21-59)7-3-9-33(27)52-40(61)35-15-13-29(25-50-35)23-46-18-19-48-38(60)12-5-17-49-43-55-42(45)58-44(56-43)54-39(57-58)37-11-6-22-63-37;2-1-3/h3-4,6-11,13-16,22,25-26,46-47,59H,5,12,17-21,23-24H2,1-2H3,(H,48,60)(H,52,61)(H,53,62)(H3,45,49,54,55,56,57);1H,(H,2,3). The fraction of sp³-hybridized carbons (Fsp3) is 0.244. The summed E-state index contributed by atoms with van der Waals surface area (Å²) in [6.07, 6.45) is 5.67. The van der Waals surface area contributed by atoms with E-state index in [1.807, 2.05) is 62.4 Å². The van der Waals surface area contributed by atoms with E-state index in [0.717, 1.165) is 33.4 Å². The van der Waals surface area contributed by atoms with Crippen LogP contribution in [-0.2, 0) is 22.7 Å².